The molecule has 4 heteroatoms. The highest BCUT2D eigenvalue weighted by molar-refractivity contribution is 9.10. The van der Waals surface area contributed by atoms with Gasteiger partial charge < -0.3 is 0 Å². The number of benzene rings is 1. The van der Waals surface area contributed by atoms with Gasteiger partial charge in [0.25, 0.3) is 0 Å². The van der Waals surface area contributed by atoms with E-state index in [1.54, 1.807) is 4.68 Å². The maximum absolute atomic E-state index is 12.2. The van der Waals surface area contributed by atoms with Crippen LogP contribution in [-0.2, 0) is 19.9 Å². The molecule has 0 fully saturated rings. The third kappa shape index (κ3) is 2.70. The van der Waals surface area contributed by atoms with Crippen molar-refractivity contribution in [1.82, 2.24) is 9.78 Å². The van der Waals surface area contributed by atoms with E-state index in [0.29, 0.717) is 6.42 Å². The van der Waals surface area contributed by atoms with Crippen molar-refractivity contribution in [3.05, 3.63) is 51.8 Å². The molecule has 1 aromatic carbocycles. The van der Waals surface area contributed by atoms with Gasteiger partial charge in [0, 0.05) is 22.8 Å². The Labute approximate surface area is 115 Å². The van der Waals surface area contributed by atoms with Crippen molar-refractivity contribution in [2.45, 2.75) is 19.8 Å². The molecule has 1 heterocycles. The first-order valence-corrected chi connectivity index (χ1v) is 6.70. The number of halogens is 1. The van der Waals surface area contributed by atoms with Crippen LogP contribution in [0.1, 0.15) is 28.7 Å². The zero-order chi connectivity index (χ0) is 13.1. The summed E-state index contributed by atoms with van der Waals surface area (Å²) in [6, 6.07) is 9.49. The van der Waals surface area contributed by atoms with Crippen LogP contribution in [0.3, 0.4) is 0 Å². The summed E-state index contributed by atoms with van der Waals surface area (Å²) < 4.78 is 2.63. The predicted molar refractivity (Wildman–Crippen MR) is 74.8 cm³/mol. The lowest BCUT2D eigenvalue weighted by Gasteiger charge is -2.03. The van der Waals surface area contributed by atoms with Gasteiger partial charge in [-0.2, -0.15) is 5.10 Å². The van der Waals surface area contributed by atoms with E-state index in [-0.39, 0.29) is 5.78 Å². The van der Waals surface area contributed by atoms with Crippen LogP contribution in [0, 0.1) is 0 Å². The van der Waals surface area contributed by atoms with Crippen LogP contribution < -0.4 is 0 Å². The molecule has 2 aromatic rings. The van der Waals surface area contributed by atoms with Crippen molar-refractivity contribution in [1.29, 1.82) is 0 Å². The Hall–Kier alpha value is -1.42. The number of rotatable bonds is 4. The first-order valence-electron chi connectivity index (χ1n) is 5.91. The monoisotopic (exact) mass is 306 g/mol. The Balaban J connectivity index is 2.21. The Morgan fingerprint density at radius 2 is 2.11 bits per heavy atom. The molecule has 0 aliphatic heterocycles. The van der Waals surface area contributed by atoms with Crippen LogP contribution in [0.25, 0.3) is 0 Å². The SMILES string of the molecule is CCc1cc(CC(=O)c2ccccc2Br)n(C)n1. The van der Waals surface area contributed by atoms with Crippen LogP contribution in [0.5, 0.6) is 0 Å². The van der Waals surface area contributed by atoms with E-state index in [2.05, 4.69) is 28.0 Å². The fourth-order valence-electron chi connectivity index (χ4n) is 1.86. The number of aromatic nitrogens is 2. The minimum absolute atomic E-state index is 0.105. The van der Waals surface area contributed by atoms with Gasteiger partial charge in [-0.3, -0.25) is 9.48 Å². The molecule has 0 aliphatic carbocycles. The van der Waals surface area contributed by atoms with E-state index in [1.165, 1.54) is 0 Å². The number of hydrogen-bond donors (Lipinski definition) is 0. The summed E-state index contributed by atoms with van der Waals surface area (Å²) in [7, 11) is 1.88. The van der Waals surface area contributed by atoms with Crippen molar-refractivity contribution < 1.29 is 4.79 Å². The lowest BCUT2D eigenvalue weighted by atomic mass is 10.1. The summed E-state index contributed by atoms with van der Waals surface area (Å²) in [5.74, 6) is 0.105. The standard InChI is InChI=1S/C14H15BrN2O/c1-3-10-8-11(17(2)16-10)9-14(18)12-6-4-5-7-13(12)15/h4-8H,3,9H2,1-2H3. The highest BCUT2D eigenvalue weighted by atomic mass is 79.9. The molecule has 94 valence electrons. The van der Waals surface area contributed by atoms with E-state index in [9.17, 15) is 4.79 Å². The molecule has 0 bridgehead atoms. The molecule has 1 aromatic heterocycles. The number of carbonyl (C=O) groups excluding carboxylic acids is 1. The normalized spacial score (nSPS) is 10.6. The first kappa shape index (κ1) is 13.0. The van der Waals surface area contributed by atoms with Crippen molar-refractivity contribution in [2.24, 2.45) is 7.05 Å². The second-order valence-corrected chi connectivity index (χ2v) is 5.04. The van der Waals surface area contributed by atoms with E-state index < -0.39 is 0 Å². The lowest BCUT2D eigenvalue weighted by Crippen LogP contribution is -2.08. The fourth-order valence-corrected chi connectivity index (χ4v) is 2.36. The summed E-state index contributed by atoms with van der Waals surface area (Å²) in [6.07, 6.45) is 1.27. The molecular weight excluding hydrogens is 292 g/mol. The highest BCUT2D eigenvalue weighted by Gasteiger charge is 2.13. The van der Waals surface area contributed by atoms with Crippen molar-refractivity contribution in [3.8, 4) is 0 Å². The van der Waals surface area contributed by atoms with Crippen LogP contribution in [0.2, 0.25) is 0 Å². The number of Topliss-reactive ketones (excluding diaryl/α,β-unsaturated/α-hetero) is 1. The van der Waals surface area contributed by atoms with Crippen LogP contribution in [-0.4, -0.2) is 15.6 Å². The lowest BCUT2D eigenvalue weighted by molar-refractivity contribution is 0.0990. The molecule has 0 aliphatic rings. The zero-order valence-electron chi connectivity index (χ0n) is 10.5. The van der Waals surface area contributed by atoms with Crippen LogP contribution in [0.15, 0.2) is 34.8 Å². The van der Waals surface area contributed by atoms with Crippen molar-refractivity contribution in [3.63, 3.8) is 0 Å². The van der Waals surface area contributed by atoms with E-state index in [4.69, 9.17) is 0 Å². The van der Waals surface area contributed by atoms with Gasteiger partial charge in [-0.25, -0.2) is 0 Å². The Morgan fingerprint density at radius 1 is 1.39 bits per heavy atom. The second kappa shape index (κ2) is 5.48. The Morgan fingerprint density at radius 3 is 2.72 bits per heavy atom. The second-order valence-electron chi connectivity index (χ2n) is 4.18. The Bertz CT molecular complexity index is 575. The zero-order valence-corrected chi connectivity index (χ0v) is 12.1. The van der Waals surface area contributed by atoms with Gasteiger partial charge in [-0.1, -0.05) is 41.1 Å². The quantitative estimate of drug-likeness (QED) is 0.813. The van der Waals surface area contributed by atoms with Crippen molar-refractivity contribution in [2.75, 3.05) is 0 Å². The molecule has 18 heavy (non-hydrogen) atoms. The first-order chi connectivity index (χ1) is 8.61. The molecule has 0 atom stereocenters. The highest BCUT2D eigenvalue weighted by Crippen LogP contribution is 2.18. The smallest absolute Gasteiger partial charge is 0.169 e. The van der Waals surface area contributed by atoms with Crippen molar-refractivity contribution >= 4 is 21.7 Å². The summed E-state index contributed by atoms with van der Waals surface area (Å²) in [6.45, 7) is 2.06. The minimum atomic E-state index is 0.105. The molecule has 0 unspecified atom stereocenters. The van der Waals surface area contributed by atoms with Gasteiger partial charge in [0.2, 0.25) is 0 Å². The summed E-state index contributed by atoms with van der Waals surface area (Å²) in [4.78, 5) is 12.2. The Kier molecular flexibility index (Phi) is 3.97. The number of carbonyl (C=O) groups is 1. The van der Waals surface area contributed by atoms with Gasteiger partial charge in [0.1, 0.15) is 0 Å². The number of nitrogens with zero attached hydrogens (tertiary/aromatic N) is 2. The molecule has 0 spiro atoms. The summed E-state index contributed by atoms with van der Waals surface area (Å²) in [5.41, 5.74) is 2.69. The van der Waals surface area contributed by atoms with Gasteiger partial charge in [0.15, 0.2) is 5.78 Å². The maximum Gasteiger partial charge on any atom is 0.169 e. The average molecular weight is 307 g/mol. The average Bonchev–Trinajstić information content (AvgIpc) is 2.70. The molecule has 0 saturated carbocycles. The topological polar surface area (TPSA) is 34.9 Å². The van der Waals surface area contributed by atoms with Gasteiger partial charge in [0.05, 0.1) is 12.1 Å². The van der Waals surface area contributed by atoms with Crippen LogP contribution >= 0.6 is 15.9 Å². The number of hydrogen-bond acceptors (Lipinski definition) is 2. The van der Waals surface area contributed by atoms with Gasteiger partial charge in [-0.05, 0) is 18.6 Å². The molecular formula is C14H15BrN2O. The predicted octanol–water partition coefficient (Wildman–Crippen LogP) is 3.17. The molecule has 0 N–H and O–H groups in total. The molecule has 0 radical (unpaired) electrons. The van der Waals surface area contributed by atoms with Gasteiger partial charge >= 0.3 is 0 Å². The molecule has 0 amide bonds. The molecule has 2 rings (SSSR count). The van der Waals surface area contributed by atoms with Gasteiger partial charge in [-0.15, -0.1) is 0 Å². The third-order valence-electron chi connectivity index (χ3n) is 2.91. The van der Waals surface area contributed by atoms with Crippen LogP contribution in [0.4, 0.5) is 0 Å². The largest absolute Gasteiger partial charge is 0.294 e. The number of aryl methyl sites for hydroxylation is 2. The number of ketones is 1. The minimum Gasteiger partial charge on any atom is -0.294 e. The molecule has 3 nitrogen and oxygen atoms in total. The van der Waals surface area contributed by atoms with E-state index >= 15 is 0 Å². The molecule has 0 saturated heterocycles. The summed E-state index contributed by atoms with van der Waals surface area (Å²) in [5, 5.41) is 4.35. The third-order valence-corrected chi connectivity index (χ3v) is 3.60. The summed E-state index contributed by atoms with van der Waals surface area (Å²) >= 11 is 3.40. The van der Waals surface area contributed by atoms with E-state index in [1.807, 2.05) is 37.4 Å². The van der Waals surface area contributed by atoms with E-state index in [0.717, 1.165) is 27.8 Å². The fraction of sp³-hybridized carbons (Fsp3) is 0.286. The maximum atomic E-state index is 12.2.